The topological polar surface area (TPSA) is 71.2 Å². The molecule has 0 aliphatic carbocycles. The van der Waals surface area contributed by atoms with Crippen LogP contribution in [0.3, 0.4) is 0 Å². The van der Waals surface area contributed by atoms with E-state index >= 15 is 0 Å². The molecule has 2 heterocycles. The predicted molar refractivity (Wildman–Crippen MR) is 142 cm³/mol. The standard InChI is InChI=1S/C28H27N4O3P/c1-3-34-36(33,35-4-2)25-20-21-29-32(25)28-26(22-14-8-5-9-15-22)30-31(24-18-12-7-13-19-24)27(28)23-16-10-6-11-17-23/h5-21H,3-4H2,1-2H3. The number of hydrogen-bond donors (Lipinski definition) is 0. The molecule has 0 amide bonds. The van der Waals surface area contributed by atoms with E-state index in [1.54, 1.807) is 30.8 Å². The average Bonchev–Trinajstić information content (AvgIpc) is 3.56. The minimum atomic E-state index is -3.65. The first-order chi connectivity index (χ1) is 17.7. The Morgan fingerprint density at radius 3 is 1.86 bits per heavy atom. The van der Waals surface area contributed by atoms with Gasteiger partial charge in [-0.1, -0.05) is 78.9 Å². The SMILES string of the molecule is CCOP(=O)(OCC)c1ccnn1-c1c(-c2ccccc2)nn(-c2ccccc2)c1-c1ccccc1. The van der Waals surface area contributed by atoms with Crippen LogP contribution in [0.2, 0.25) is 0 Å². The van der Waals surface area contributed by atoms with E-state index in [9.17, 15) is 4.57 Å². The molecular weight excluding hydrogens is 471 g/mol. The van der Waals surface area contributed by atoms with Crippen molar-refractivity contribution < 1.29 is 13.6 Å². The van der Waals surface area contributed by atoms with Crippen molar-refractivity contribution in [2.24, 2.45) is 0 Å². The molecule has 2 aromatic heterocycles. The van der Waals surface area contributed by atoms with E-state index in [1.807, 2.05) is 95.7 Å². The lowest BCUT2D eigenvalue weighted by Crippen LogP contribution is -2.21. The normalized spacial score (nSPS) is 11.6. The van der Waals surface area contributed by atoms with Crippen molar-refractivity contribution in [3.8, 4) is 33.9 Å². The molecule has 0 saturated carbocycles. The molecule has 7 nitrogen and oxygen atoms in total. The van der Waals surface area contributed by atoms with Crippen LogP contribution in [-0.2, 0) is 13.6 Å². The maximum Gasteiger partial charge on any atom is 0.379 e. The summed E-state index contributed by atoms with van der Waals surface area (Å²) in [7, 11) is -3.65. The van der Waals surface area contributed by atoms with Crippen LogP contribution in [0.25, 0.3) is 33.9 Å². The van der Waals surface area contributed by atoms with Gasteiger partial charge in [0.05, 0.1) is 25.1 Å². The second-order valence-corrected chi connectivity index (χ2v) is 9.93. The molecular formula is C28H27N4O3P. The van der Waals surface area contributed by atoms with Crippen LogP contribution in [0.4, 0.5) is 0 Å². The summed E-state index contributed by atoms with van der Waals surface area (Å²) in [6.45, 7) is 4.07. The molecule has 0 atom stereocenters. The molecule has 0 N–H and O–H groups in total. The van der Waals surface area contributed by atoms with Gasteiger partial charge in [-0.3, -0.25) is 4.57 Å². The van der Waals surface area contributed by atoms with Gasteiger partial charge < -0.3 is 9.05 Å². The van der Waals surface area contributed by atoms with Crippen molar-refractivity contribution in [1.29, 1.82) is 0 Å². The van der Waals surface area contributed by atoms with Crippen LogP contribution >= 0.6 is 7.60 Å². The summed E-state index contributed by atoms with van der Waals surface area (Å²) < 4.78 is 28.9. The first-order valence-electron chi connectivity index (χ1n) is 11.9. The fourth-order valence-corrected chi connectivity index (χ4v) is 5.85. The molecule has 5 aromatic rings. The molecule has 0 saturated heterocycles. The Morgan fingerprint density at radius 2 is 1.28 bits per heavy atom. The van der Waals surface area contributed by atoms with E-state index < -0.39 is 7.60 Å². The molecule has 3 aromatic carbocycles. The number of benzene rings is 3. The lowest BCUT2D eigenvalue weighted by atomic mass is 10.1. The number of aromatic nitrogens is 4. The van der Waals surface area contributed by atoms with Gasteiger partial charge in [0.15, 0.2) is 5.44 Å². The number of hydrogen-bond acceptors (Lipinski definition) is 5. The van der Waals surface area contributed by atoms with Gasteiger partial charge in [0.2, 0.25) is 0 Å². The third kappa shape index (κ3) is 4.44. The molecule has 0 aliphatic heterocycles. The van der Waals surface area contributed by atoms with Crippen molar-refractivity contribution in [3.63, 3.8) is 0 Å². The van der Waals surface area contributed by atoms with E-state index in [-0.39, 0.29) is 13.2 Å². The Kier molecular flexibility index (Phi) is 6.96. The number of nitrogens with zero attached hydrogens (tertiary/aromatic N) is 4. The summed E-state index contributed by atoms with van der Waals surface area (Å²) in [4.78, 5) is 0. The third-order valence-electron chi connectivity index (χ3n) is 5.67. The average molecular weight is 499 g/mol. The van der Waals surface area contributed by atoms with Crippen LogP contribution in [0, 0.1) is 0 Å². The highest BCUT2D eigenvalue weighted by atomic mass is 31.2. The van der Waals surface area contributed by atoms with Crippen molar-refractivity contribution in [2.45, 2.75) is 13.8 Å². The molecule has 0 fully saturated rings. The summed E-state index contributed by atoms with van der Waals surface area (Å²) >= 11 is 0. The van der Waals surface area contributed by atoms with Crippen molar-refractivity contribution in [1.82, 2.24) is 19.6 Å². The minimum absolute atomic E-state index is 0.239. The smallest absolute Gasteiger partial charge is 0.304 e. The van der Waals surface area contributed by atoms with Crippen LogP contribution in [0.15, 0.2) is 103 Å². The lowest BCUT2D eigenvalue weighted by molar-refractivity contribution is 0.228. The van der Waals surface area contributed by atoms with E-state index in [1.165, 1.54) is 0 Å². The number of para-hydroxylation sites is 1. The van der Waals surface area contributed by atoms with Crippen LogP contribution in [-0.4, -0.2) is 32.8 Å². The first-order valence-corrected chi connectivity index (χ1v) is 13.4. The van der Waals surface area contributed by atoms with E-state index in [4.69, 9.17) is 14.1 Å². The first kappa shape index (κ1) is 23.9. The van der Waals surface area contributed by atoms with Gasteiger partial charge in [-0.2, -0.15) is 10.2 Å². The van der Waals surface area contributed by atoms with Gasteiger partial charge in [0, 0.05) is 11.1 Å². The zero-order valence-electron chi connectivity index (χ0n) is 20.2. The highest BCUT2D eigenvalue weighted by Crippen LogP contribution is 2.48. The molecule has 0 aliphatic rings. The second kappa shape index (κ2) is 10.5. The zero-order chi connectivity index (χ0) is 25.0. The summed E-state index contributed by atoms with van der Waals surface area (Å²) in [5.41, 5.74) is 5.29. The number of rotatable bonds is 9. The summed E-state index contributed by atoms with van der Waals surface area (Å²) in [6.07, 6.45) is 1.61. The van der Waals surface area contributed by atoms with E-state index in [0.29, 0.717) is 16.8 Å². The second-order valence-electron chi connectivity index (χ2n) is 7.96. The van der Waals surface area contributed by atoms with Crippen LogP contribution in [0.5, 0.6) is 0 Å². The predicted octanol–water partition coefficient (Wildman–Crippen LogP) is 6.28. The maximum absolute atomic E-state index is 13.9. The van der Waals surface area contributed by atoms with Gasteiger partial charge in [-0.15, -0.1) is 0 Å². The van der Waals surface area contributed by atoms with Gasteiger partial charge in [0.25, 0.3) is 0 Å². The van der Waals surface area contributed by atoms with Crippen LogP contribution < -0.4 is 5.44 Å². The van der Waals surface area contributed by atoms with Gasteiger partial charge >= 0.3 is 7.60 Å². The van der Waals surface area contributed by atoms with Crippen molar-refractivity contribution in [2.75, 3.05) is 13.2 Å². The molecule has 0 spiro atoms. The summed E-state index contributed by atoms with van der Waals surface area (Å²) in [5.74, 6) is 0. The lowest BCUT2D eigenvalue weighted by Gasteiger charge is -2.19. The molecule has 0 unspecified atom stereocenters. The summed E-state index contributed by atoms with van der Waals surface area (Å²) in [6, 6.07) is 31.6. The highest BCUT2D eigenvalue weighted by molar-refractivity contribution is 7.62. The maximum atomic E-state index is 13.9. The minimum Gasteiger partial charge on any atom is -0.304 e. The Labute approximate surface area is 210 Å². The highest BCUT2D eigenvalue weighted by Gasteiger charge is 2.34. The van der Waals surface area contributed by atoms with E-state index in [0.717, 1.165) is 22.5 Å². The Balaban J connectivity index is 1.87. The molecule has 8 heteroatoms. The Morgan fingerprint density at radius 1 is 0.722 bits per heavy atom. The van der Waals surface area contributed by atoms with Crippen molar-refractivity contribution in [3.05, 3.63) is 103 Å². The largest absolute Gasteiger partial charge is 0.379 e. The Hall–Kier alpha value is -3.77. The fraction of sp³-hybridized carbons (Fsp3) is 0.143. The molecule has 0 bridgehead atoms. The summed E-state index contributed by atoms with van der Waals surface area (Å²) in [5, 5.41) is 9.71. The van der Waals surface area contributed by atoms with Crippen molar-refractivity contribution >= 4 is 13.0 Å². The fourth-order valence-electron chi connectivity index (χ4n) is 4.20. The molecule has 0 radical (unpaired) electrons. The Bertz CT molecular complexity index is 1470. The quantitative estimate of drug-likeness (QED) is 0.224. The monoisotopic (exact) mass is 498 g/mol. The van der Waals surface area contributed by atoms with Gasteiger partial charge in [0.1, 0.15) is 17.1 Å². The van der Waals surface area contributed by atoms with E-state index in [2.05, 4.69) is 5.10 Å². The molecule has 5 rings (SSSR count). The molecule has 36 heavy (non-hydrogen) atoms. The third-order valence-corrected chi connectivity index (χ3v) is 7.76. The van der Waals surface area contributed by atoms with Gasteiger partial charge in [-0.05, 0) is 32.0 Å². The van der Waals surface area contributed by atoms with Crippen LogP contribution in [0.1, 0.15) is 13.8 Å². The zero-order valence-corrected chi connectivity index (χ0v) is 21.1. The van der Waals surface area contributed by atoms with Gasteiger partial charge in [-0.25, -0.2) is 9.36 Å². The molecule has 182 valence electrons.